The number of carbonyl (C=O) groups excluding carboxylic acids is 2. The van der Waals surface area contributed by atoms with Crippen molar-refractivity contribution in [1.29, 1.82) is 0 Å². The average Bonchev–Trinajstić information content (AvgIpc) is 3.88. The number of nitrogens with one attached hydrogen (secondary N) is 4. The second-order valence-electron chi connectivity index (χ2n) is 13.9. The van der Waals surface area contributed by atoms with Gasteiger partial charge in [-0.1, -0.05) is 41.5 Å². The Morgan fingerprint density at radius 3 is 1.60 bits per heavy atom. The molecule has 2 amide bonds. The molecule has 6 heterocycles. The van der Waals surface area contributed by atoms with Crippen LogP contribution in [-0.2, 0) is 9.59 Å². The summed E-state index contributed by atoms with van der Waals surface area (Å²) in [4.78, 5) is 58.6. The van der Waals surface area contributed by atoms with Gasteiger partial charge in [-0.25, -0.2) is 19.9 Å². The number of H-pyrrole nitrogens is 2. The highest BCUT2D eigenvalue weighted by Crippen LogP contribution is 2.39. The molecular weight excluding hydrogens is 645 g/mol. The number of imidazole rings is 2. The first kappa shape index (κ1) is 34.4. The van der Waals surface area contributed by atoms with E-state index < -0.39 is 0 Å². The summed E-state index contributed by atoms with van der Waals surface area (Å²) in [6, 6.07) is -0.328. The largest absolute Gasteiger partial charge is 0.340 e. The third-order valence-corrected chi connectivity index (χ3v) is 11.5. The number of aromatic nitrogens is 6. The predicted octanol–water partition coefficient (Wildman–Crippen LogP) is 5.64. The number of likely N-dealkylation sites (N-methyl/N-ethyl adjacent to an activating group) is 1. The van der Waals surface area contributed by atoms with Crippen LogP contribution in [0.2, 0.25) is 0 Å². The van der Waals surface area contributed by atoms with Crippen molar-refractivity contribution in [2.45, 2.75) is 97.4 Å². The van der Waals surface area contributed by atoms with Crippen molar-refractivity contribution in [3.8, 4) is 31.2 Å². The summed E-state index contributed by atoms with van der Waals surface area (Å²) in [5.74, 6) is 2.30. The Balaban J connectivity index is 1.14. The number of aromatic amines is 2. The van der Waals surface area contributed by atoms with Crippen molar-refractivity contribution in [1.82, 2.24) is 50.3 Å². The summed E-state index contributed by atoms with van der Waals surface area (Å²) in [6.07, 6.45) is 11.1. The zero-order chi connectivity index (χ0) is 34.1. The van der Waals surface area contributed by atoms with E-state index in [-0.39, 0.29) is 53.9 Å². The van der Waals surface area contributed by atoms with Gasteiger partial charge in [0.1, 0.15) is 11.6 Å². The summed E-state index contributed by atoms with van der Waals surface area (Å²) < 4.78 is 0. The lowest BCUT2D eigenvalue weighted by Gasteiger charge is -2.31. The monoisotopic (exact) mass is 692 g/mol. The molecule has 4 aromatic heterocycles. The third-order valence-electron chi connectivity index (χ3n) is 9.31. The van der Waals surface area contributed by atoms with E-state index in [0.717, 1.165) is 81.6 Å². The maximum atomic E-state index is 13.6. The Hall–Kier alpha value is -3.46. The van der Waals surface area contributed by atoms with Gasteiger partial charge in [-0.05, 0) is 44.6 Å². The second-order valence-corrected chi connectivity index (χ2v) is 15.9. The number of likely N-dealkylation sites (tertiary alicyclic amines) is 2. The van der Waals surface area contributed by atoms with Gasteiger partial charge in [0.2, 0.25) is 11.8 Å². The topological polar surface area (TPSA) is 148 Å². The minimum absolute atomic E-state index is 0.0585. The van der Waals surface area contributed by atoms with Crippen molar-refractivity contribution in [2.75, 3.05) is 20.1 Å². The molecule has 6 rings (SSSR count). The van der Waals surface area contributed by atoms with Crippen molar-refractivity contribution >= 4 is 34.5 Å². The molecule has 2 aliphatic rings. The average molecular weight is 693 g/mol. The van der Waals surface area contributed by atoms with Gasteiger partial charge < -0.3 is 30.4 Å². The highest BCUT2D eigenvalue weighted by atomic mass is 32.1. The Bertz CT molecular complexity index is 1700. The Morgan fingerprint density at radius 2 is 1.19 bits per heavy atom. The van der Waals surface area contributed by atoms with Gasteiger partial charge in [0, 0.05) is 31.5 Å². The SMILES string of the molecule is CN[C@H](C(=O)N1CCC[C@H]1c1ncc(-c2cnc(-c3ncc(-c4cnc([C@@H]5CCCN5C(=O)[C@@H](NC(C)C)C(C)C)[nH]4)s3)s2)[nH]1)C(C)C. The molecule has 0 aliphatic carbocycles. The summed E-state index contributed by atoms with van der Waals surface area (Å²) in [5.41, 5.74) is 1.77. The summed E-state index contributed by atoms with van der Waals surface area (Å²) in [6.45, 7) is 14.0. The highest BCUT2D eigenvalue weighted by Gasteiger charge is 2.38. The van der Waals surface area contributed by atoms with E-state index in [1.54, 1.807) is 22.7 Å². The standard InChI is InChI=1S/C34H48N10O2S2/c1-18(2)27(35-7)33(45)43-12-8-10-23(43)29-36-14-21(41-29)25-16-38-31(47-25)32-39-17-26(48-32)22-15-37-30(42-22)24-11-9-13-44(24)34(46)28(19(3)4)40-20(5)6/h14-20,23-24,27-28,35,40H,8-13H2,1-7H3,(H,36,41)(H,37,42)/t23-,24-,27-,28-/m0/s1. The van der Waals surface area contributed by atoms with Crippen LogP contribution in [0.3, 0.4) is 0 Å². The Labute approximate surface area is 290 Å². The molecule has 48 heavy (non-hydrogen) atoms. The molecule has 2 fully saturated rings. The van der Waals surface area contributed by atoms with Crippen LogP contribution in [0.25, 0.3) is 31.2 Å². The van der Waals surface area contributed by atoms with Gasteiger partial charge >= 0.3 is 0 Å². The minimum Gasteiger partial charge on any atom is -0.340 e. The molecule has 14 heteroatoms. The van der Waals surface area contributed by atoms with Gasteiger partial charge in [0.25, 0.3) is 0 Å². The van der Waals surface area contributed by atoms with Crippen LogP contribution in [0, 0.1) is 11.8 Å². The van der Waals surface area contributed by atoms with Gasteiger partial charge in [0.05, 0.1) is 57.7 Å². The molecule has 0 aromatic carbocycles. The number of hydrogen-bond donors (Lipinski definition) is 4. The maximum Gasteiger partial charge on any atom is 0.240 e. The Morgan fingerprint density at radius 1 is 0.729 bits per heavy atom. The minimum atomic E-state index is -0.219. The third kappa shape index (κ3) is 6.98. The smallest absolute Gasteiger partial charge is 0.240 e. The quantitative estimate of drug-likeness (QED) is 0.149. The van der Waals surface area contributed by atoms with Gasteiger partial charge in [0.15, 0.2) is 10.0 Å². The molecule has 258 valence electrons. The number of rotatable bonds is 12. The number of nitrogens with zero attached hydrogens (tertiary/aromatic N) is 6. The molecule has 0 saturated carbocycles. The van der Waals surface area contributed by atoms with Crippen LogP contribution in [0.4, 0.5) is 0 Å². The molecule has 0 radical (unpaired) electrons. The molecule has 4 aromatic rings. The predicted molar refractivity (Wildman–Crippen MR) is 190 cm³/mol. The van der Waals surface area contributed by atoms with E-state index in [9.17, 15) is 9.59 Å². The van der Waals surface area contributed by atoms with Crippen molar-refractivity contribution < 1.29 is 9.59 Å². The van der Waals surface area contributed by atoms with Crippen LogP contribution >= 0.6 is 22.7 Å². The first-order valence-corrected chi connectivity index (χ1v) is 18.8. The lowest BCUT2D eigenvalue weighted by Crippen LogP contribution is -2.51. The lowest BCUT2D eigenvalue weighted by atomic mass is 10.0. The summed E-state index contributed by atoms with van der Waals surface area (Å²) in [7, 11) is 1.85. The van der Waals surface area contributed by atoms with Gasteiger partial charge in [-0.2, -0.15) is 0 Å². The van der Waals surface area contributed by atoms with E-state index in [2.05, 4.69) is 62.1 Å². The zero-order valence-corrected chi connectivity index (χ0v) is 30.5. The van der Waals surface area contributed by atoms with Crippen LogP contribution in [0.5, 0.6) is 0 Å². The van der Waals surface area contributed by atoms with Crippen LogP contribution in [0.1, 0.15) is 91.0 Å². The van der Waals surface area contributed by atoms with E-state index in [1.807, 2.05) is 41.6 Å². The molecule has 0 spiro atoms. The van der Waals surface area contributed by atoms with Crippen LogP contribution in [0.15, 0.2) is 24.8 Å². The Kier molecular flexibility index (Phi) is 10.4. The molecule has 2 saturated heterocycles. The molecular formula is C34H48N10O2S2. The van der Waals surface area contributed by atoms with Crippen LogP contribution < -0.4 is 10.6 Å². The van der Waals surface area contributed by atoms with E-state index >= 15 is 0 Å². The fourth-order valence-corrected chi connectivity index (χ4v) is 8.69. The molecule has 4 atom stereocenters. The first-order valence-electron chi connectivity index (χ1n) is 17.1. The van der Waals surface area contributed by atoms with E-state index in [0.29, 0.717) is 0 Å². The molecule has 4 N–H and O–H groups in total. The first-order chi connectivity index (χ1) is 23.0. The maximum absolute atomic E-state index is 13.6. The van der Waals surface area contributed by atoms with Crippen molar-refractivity contribution in [3.05, 3.63) is 36.4 Å². The fourth-order valence-electron chi connectivity index (χ4n) is 6.89. The summed E-state index contributed by atoms with van der Waals surface area (Å²) >= 11 is 3.12. The number of carbonyl (C=O) groups is 2. The van der Waals surface area contributed by atoms with Crippen molar-refractivity contribution in [2.24, 2.45) is 11.8 Å². The number of hydrogen-bond acceptors (Lipinski definition) is 10. The van der Waals surface area contributed by atoms with Gasteiger partial charge in [-0.3, -0.25) is 9.59 Å². The molecule has 0 bridgehead atoms. The zero-order valence-electron chi connectivity index (χ0n) is 28.9. The molecule has 12 nitrogen and oxygen atoms in total. The number of thiazole rings is 2. The van der Waals surface area contributed by atoms with Gasteiger partial charge in [-0.15, -0.1) is 22.7 Å². The van der Waals surface area contributed by atoms with E-state index in [1.165, 1.54) is 0 Å². The lowest BCUT2D eigenvalue weighted by molar-refractivity contribution is -0.136. The van der Waals surface area contributed by atoms with Crippen LogP contribution in [-0.4, -0.2) is 89.8 Å². The normalized spacial score (nSPS) is 19.7. The highest BCUT2D eigenvalue weighted by molar-refractivity contribution is 7.24. The second kappa shape index (κ2) is 14.6. The van der Waals surface area contributed by atoms with Crippen molar-refractivity contribution in [3.63, 3.8) is 0 Å². The molecule has 0 unspecified atom stereocenters. The molecule has 2 aliphatic heterocycles. The van der Waals surface area contributed by atoms with E-state index in [4.69, 9.17) is 19.9 Å². The fraction of sp³-hybridized carbons (Fsp3) is 0.588. The summed E-state index contributed by atoms with van der Waals surface area (Å²) in [5, 5.41) is 8.31. The number of amides is 2.